The summed E-state index contributed by atoms with van der Waals surface area (Å²) >= 11 is 0. The van der Waals surface area contributed by atoms with Crippen molar-refractivity contribution in [1.29, 1.82) is 0 Å². The molecule has 2 nitrogen and oxygen atoms in total. The third-order valence-electron chi connectivity index (χ3n) is 6.90. The van der Waals surface area contributed by atoms with Crippen LogP contribution in [0.2, 0.25) is 0 Å². The Hall–Kier alpha value is 0.880. The predicted octanol–water partition coefficient (Wildman–Crippen LogP) is 1.63. The van der Waals surface area contributed by atoms with Gasteiger partial charge in [0.1, 0.15) is 12.6 Å². The lowest BCUT2D eigenvalue weighted by molar-refractivity contribution is -0.960. The van der Waals surface area contributed by atoms with Crippen molar-refractivity contribution in [3.8, 4) is 0 Å². The van der Waals surface area contributed by atoms with Gasteiger partial charge in [0.05, 0.1) is 41.3 Å². The van der Waals surface area contributed by atoms with Crippen molar-refractivity contribution in [3.05, 3.63) is 6.92 Å². The van der Waals surface area contributed by atoms with Crippen LogP contribution in [0.25, 0.3) is 0 Å². The summed E-state index contributed by atoms with van der Waals surface area (Å²) in [6, 6.07) is 0.489. The number of hydrogen-bond acceptors (Lipinski definition) is 0. The second-order valence-corrected chi connectivity index (χ2v) is 10.9. The van der Waals surface area contributed by atoms with Gasteiger partial charge in [-0.3, -0.25) is 0 Å². The van der Waals surface area contributed by atoms with Crippen LogP contribution in [0.5, 0.6) is 0 Å². The Morgan fingerprint density at radius 1 is 0.516 bits per heavy atom. The minimum Gasteiger partial charge on any atom is -1.00 e. The first-order valence-corrected chi connectivity index (χ1v) is 13.2. The highest BCUT2D eigenvalue weighted by Crippen LogP contribution is 2.16. The van der Waals surface area contributed by atoms with Crippen LogP contribution in [-0.2, 0) is 0 Å². The van der Waals surface area contributed by atoms with Gasteiger partial charge in [0.25, 0.3) is 0 Å². The van der Waals surface area contributed by atoms with E-state index in [0.29, 0.717) is 6.04 Å². The fourth-order valence-electron chi connectivity index (χ4n) is 4.39. The Morgan fingerprint density at radius 2 is 0.839 bits per heavy atom. The molecule has 0 saturated heterocycles. The molecule has 0 bridgehead atoms. The summed E-state index contributed by atoms with van der Waals surface area (Å²) in [5.74, 6) is 0. The van der Waals surface area contributed by atoms with E-state index in [0.717, 1.165) is 8.97 Å². The first-order valence-electron chi connectivity index (χ1n) is 13.2. The van der Waals surface area contributed by atoms with Gasteiger partial charge in [-0.05, 0) is 25.7 Å². The summed E-state index contributed by atoms with van der Waals surface area (Å²) in [4.78, 5) is 0. The number of unbranched alkanes of at least 4 members (excludes halogenated alkanes) is 14. The van der Waals surface area contributed by atoms with Crippen LogP contribution in [0.3, 0.4) is 0 Å². The molecule has 0 aliphatic carbocycles. The lowest BCUT2D eigenvalue weighted by Gasteiger charge is -2.40. The third-order valence-corrected chi connectivity index (χ3v) is 6.90. The fraction of sp³-hybridized carbons (Fsp3) is 0.963. The third kappa shape index (κ3) is 22.4. The van der Waals surface area contributed by atoms with Crippen molar-refractivity contribution in [3.63, 3.8) is 0 Å². The van der Waals surface area contributed by atoms with Crippen LogP contribution in [0.1, 0.15) is 117 Å². The molecular formula is C27H59Br2N2. The first kappa shape index (κ1) is 36.4. The molecule has 0 heterocycles. The largest absolute Gasteiger partial charge is 1.00 e. The predicted molar refractivity (Wildman–Crippen MR) is 133 cm³/mol. The molecule has 0 amide bonds. The monoisotopic (exact) mass is 569 g/mol. The summed E-state index contributed by atoms with van der Waals surface area (Å²) in [5.41, 5.74) is 0. The minimum atomic E-state index is 0. The van der Waals surface area contributed by atoms with Crippen LogP contribution < -0.4 is 34.0 Å². The van der Waals surface area contributed by atoms with E-state index < -0.39 is 0 Å². The smallest absolute Gasteiger partial charge is 0.138 e. The summed E-state index contributed by atoms with van der Waals surface area (Å²) in [7, 11) is 9.62. The van der Waals surface area contributed by atoms with Gasteiger partial charge in [-0.15, -0.1) is 0 Å². The zero-order valence-electron chi connectivity index (χ0n) is 22.4. The van der Waals surface area contributed by atoms with E-state index in [2.05, 4.69) is 49.0 Å². The van der Waals surface area contributed by atoms with E-state index in [1.54, 1.807) is 0 Å². The van der Waals surface area contributed by atoms with E-state index in [4.69, 9.17) is 0 Å². The maximum absolute atomic E-state index is 4.59. The van der Waals surface area contributed by atoms with Gasteiger partial charge in [-0.25, -0.2) is 0 Å². The van der Waals surface area contributed by atoms with E-state index in [1.165, 1.54) is 122 Å². The summed E-state index contributed by atoms with van der Waals surface area (Å²) in [5, 5.41) is 0. The quantitative estimate of drug-likeness (QED) is 0.145. The Morgan fingerprint density at radius 3 is 1.23 bits per heavy atom. The molecule has 0 rings (SSSR count). The summed E-state index contributed by atoms with van der Waals surface area (Å²) < 4.78 is 2.21. The van der Waals surface area contributed by atoms with E-state index in [1.807, 2.05) is 0 Å². The van der Waals surface area contributed by atoms with Crippen molar-refractivity contribution >= 4 is 0 Å². The number of likely N-dealkylation sites (N-methyl/N-ethyl adjacent to an activating group) is 2. The van der Waals surface area contributed by atoms with Gasteiger partial charge < -0.3 is 42.9 Å². The van der Waals surface area contributed by atoms with Gasteiger partial charge in [0.15, 0.2) is 0 Å². The van der Waals surface area contributed by atoms with Crippen molar-refractivity contribution < 1.29 is 42.9 Å². The van der Waals surface area contributed by atoms with Crippen LogP contribution in [0.15, 0.2) is 0 Å². The highest BCUT2D eigenvalue weighted by atomic mass is 79.9. The minimum absolute atomic E-state index is 0. The van der Waals surface area contributed by atoms with Gasteiger partial charge in [0.2, 0.25) is 0 Å². The maximum atomic E-state index is 4.59. The van der Waals surface area contributed by atoms with Gasteiger partial charge in [0, 0.05) is 6.92 Å². The van der Waals surface area contributed by atoms with Crippen LogP contribution >= 0.6 is 0 Å². The molecule has 31 heavy (non-hydrogen) atoms. The SMILES string of the molecule is [Br-].[Br-].[CH2]C(C[N+](C)(C)CCCCCCCCCC)[N+](C)(C)CCCCCCCCCC. The highest BCUT2D eigenvalue weighted by molar-refractivity contribution is 4.61. The van der Waals surface area contributed by atoms with Crippen LogP contribution in [0, 0.1) is 6.92 Å². The second-order valence-electron chi connectivity index (χ2n) is 10.9. The van der Waals surface area contributed by atoms with Gasteiger partial charge in [-0.1, -0.05) is 90.9 Å². The number of nitrogens with zero attached hydrogens (tertiary/aromatic N) is 2. The molecule has 0 N–H and O–H groups in total. The number of quaternary nitrogens is 2. The molecule has 0 aliphatic rings. The molecule has 0 spiro atoms. The van der Waals surface area contributed by atoms with E-state index in [-0.39, 0.29) is 34.0 Å². The lowest BCUT2D eigenvalue weighted by atomic mass is 10.1. The molecular weight excluding hydrogens is 512 g/mol. The van der Waals surface area contributed by atoms with Crippen LogP contribution in [-0.4, -0.2) is 62.8 Å². The number of rotatable bonds is 21. The van der Waals surface area contributed by atoms with Gasteiger partial charge >= 0.3 is 0 Å². The number of halogens is 2. The standard InChI is InChI=1S/C27H59N2.2BrH/c1-8-10-12-14-16-18-20-22-24-28(4,5)26-27(3)29(6,7)25-23-21-19-17-15-13-11-9-2;;/h27H,3,8-26H2,1-2,4-7H3;2*1H/q+2;;/p-2. The van der Waals surface area contributed by atoms with Crippen LogP contribution in [0.4, 0.5) is 0 Å². The zero-order valence-corrected chi connectivity index (χ0v) is 25.5. The average Bonchev–Trinajstić information content (AvgIpc) is 2.65. The van der Waals surface area contributed by atoms with Crippen molar-refractivity contribution in [2.24, 2.45) is 0 Å². The maximum Gasteiger partial charge on any atom is 0.138 e. The molecule has 4 heteroatoms. The fourth-order valence-corrected chi connectivity index (χ4v) is 4.39. The lowest BCUT2D eigenvalue weighted by Crippen LogP contribution is -3.00. The molecule has 0 aliphatic heterocycles. The van der Waals surface area contributed by atoms with E-state index >= 15 is 0 Å². The highest BCUT2D eigenvalue weighted by Gasteiger charge is 2.30. The molecule has 191 valence electrons. The normalized spacial score (nSPS) is 12.9. The molecule has 0 aromatic rings. The molecule has 1 radical (unpaired) electrons. The van der Waals surface area contributed by atoms with E-state index in [9.17, 15) is 0 Å². The Kier molecular flexibility index (Phi) is 26.6. The topological polar surface area (TPSA) is 0 Å². The summed E-state index contributed by atoms with van der Waals surface area (Å²) in [6.07, 6.45) is 22.6. The first-order chi connectivity index (χ1) is 13.7. The Labute approximate surface area is 219 Å². The molecule has 0 fully saturated rings. The molecule has 0 saturated carbocycles. The Bertz CT molecular complexity index is 359. The second kappa shape index (κ2) is 22.7. The molecule has 1 unspecified atom stereocenters. The molecule has 0 aromatic heterocycles. The van der Waals surface area contributed by atoms with Crippen molar-refractivity contribution in [2.45, 2.75) is 123 Å². The molecule has 0 aromatic carbocycles. The summed E-state index contributed by atoms with van der Waals surface area (Å²) in [6.45, 7) is 13.0. The Balaban J connectivity index is -0.00000392. The zero-order chi connectivity index (χ0) is 22.0. The average molecular weight is 572 g/mol. The molecule has 1 atom stereocenters. The number of hydrogen-bond donors (Lipinski definition) is 0. The van der Waals surface area contributed by atoms with Gasteiger partial charge in [-0.2, -0.15) is 0 Å². The van der Waals surface area contributed by atoms with Crippen molar-refractivity contribution in [1.82, 2.24) is 0 Å². The van der Waals surface area contributed by atoms with Crippen molar-refractivity contribution in [2.75, 3.05) is 47.8 Å².